The van der Waals surface area contributed by atoms with E-state index in [9.17, 15) is 0 Å². The van der Waals surface area contributed by atoms with Crippen molar-refractivity contribution in [1.82, 2.24) is 4.90 Å². The summed E-state index contributed by atoms with van der Waals surface area (Å²) in [5.41, 5.74) is 5.70. The first-order valence-electron chi connectivity index (χ1n) is 5.73. The van der Waals surface area contributed by atoms with Crippen molar-refractivity contribution in [2.24, 2.45) is 17.6 Å². The molecule has 1 saturated heterocycles. The number of nitrogens with two attached hydrogens (primary N) is 1. The minimum absolute atomic E-state index is 0.788. The number of nitrogens with zero attached hydrogens (tertiary/aromatic N) is 1. The molecule has 0 aromatic heterocycles. The second kappa shape index (κ2) is 3.97. The molecule has 2 aliphatic rings. The lowest BCUT2D eigenvalue weighted by Gasteiger charge is -2.23. The van der Waals surface area contributed by atoms with Crippen molar-refractivity contribution in [3.8, 4) is 0 Å². The molecule has 2 rings (SSSR count). The molecule has 0 bridgehead atoms. The van der Waals surface area contributed by atoms with E-state index < -0.39 is 0 Å². The van der Waals surface area contributed by atoms with Crippen LogP contribution in [-0.4, -0.2) is 30.6 Å². The van der Waals surface area contributed by atoms with E-state index in [1.807, 2.05) is 0 Å². The molecule has 0 amide bonds. The van der Waals surface area contributed by atoms with Crippen molar-refractivity contribution in [3.05, 3.63) is 0 Å². The molecule has 2 fully saturated rings. The summed E-state index contributed by atoms with van der Waals surface area (Å²) < 4.78 is 0. The molecule has 2 nitrogen and oxygen atoms in total. The van der Waals surface area contributed by atoms with Crippen LogP contribution in [0.15, 0.2) is 0 Å². The van der Waals surface area contributed by atoms with Gasteiger partial charge in [-0.2, -0.15) is 0 Å². The van der Waals surface area contributed by atoms with Gasteiger partial charge in [0.15, 0.2) is 0 Å². The van der Waals surface area contributed by atoms with Crippen LogP contribution in [0.3, 0.4) is 0 Å². The minimum atomic E-state index is 0.788. The van der Waals surface area contributed by atoms with Gasteiger partial charge in [-0.25, -0.2) is 0 Å². The molecule has 0 radical (unpaired) electrons. The van der Waals surface area contributed by atoms with Crippen LogP contribution in [0.5, 0.6) is 0 Å². The number of rotatable bonds is 2. The van der Waals surface area contributed by atoms with E-state index in [4.69, 9.17) is 5.73 Å². The third-order valence-corrected chi connectivity index (χ3v) is 3.83. The lowest BCUT2D eigenvalue weighted by atomic mass is 10.1. The van der Waals surface area contributed by atoms with Crippen LogP contribution in [-0.2, 0) is 0 Å². The van der Waals surface area contributed by atoms with Gasteiger partial charge < -0.3 is 10.6 Å². The molecule has 2 heteroatoms. The van der Waals surface area contributed by atoms with Crippen LogP contribution in [0.1, 0.15) is 32.6 Å². The molecule has 76 valence electrons. The first-order chi connectivity index (χ1) is 6.29. The van der Waals surface area contributed by atoms with E-state index in [1.54, 1.807) is 0 Å². The summed E-state index contributed by atoms with van der Waals surface area (Å²) in [7, 11) is 0. The largest absolute Gasteiger partial charge is 0.330 e. The highest BCUT2D eigenvalue weighted by molar-refractivity contribution is 4.86. The fraction of sp³-hybridized carbons (Fsp3) is 1.00. The Balaban J connectivity index is 1.82. The monoisotopic (exact) mass is 182 g/mol. The van der Waals surface area contributed by atoms with Crippen LogP contribution in [0.4, 0.5) is 0 Å². The fourth-order valence-electron chi connectivity index (χ4n) is 2.90. The summed E-state index contributed by atoms with van der Waals surface area (Å²) in [5, 5.41) is 0. The summed E-state index contributed by atoms with van der Waals surface area (Å²) >= 11 is 0. The maximum absolute atomic E-state index is 5.70. The average molecular weight is 182 g/mol. The quantitative estimate of drug-likeness (QED) is 0.700. The van der Waals surface area contributed by atoms with Gasteiger partial charge in [0, 0.05) is 12.6 Å². The fourth-order valence-corrected chi connectivity index (χ4v) is 2.90. The van der Waals surface area contributed by atoms with Gasteiger partial charge in [0.2, 0.25) is 0 Å². The van der Waals surface area contributed by atoms with Crippen LogP contribution in [0, 0.1) is 11.8 Å². The Bertz CT molecular complexity index is 169. The molecule has 0 spiro atoms. The van der Waals surface area contributed by atoms with Crippen LogP contribution in [0.2, 0.25) is 0 Å². The van der Waals surface area contributed by atoms with E-state index >= 15 is 0 Å². The van der Waals surface area contributed by atoms with Crippen molar-refractivity contribution < 1.29 is 0 Å². The first-order valence-corrected chi connectivity index (χ1v) is 5.73. The molecule has 1 aliphatic heterocycles. The minimum Gasteiger partial charge on any atom is -0.330 e. The van der Waals surface area contributed by atoms with Crippen LogP contribution in [0.25, 0.3) is 0 Å². The van der Waals surface area contributed by atoms with E-state index in [-0.39, 0.29) is 0 Å². The second-order valence-electron chi connectivity index (χ2n) is 4.96. The third-order valence-electron chi connectivity index (χ3n) is 3.83. The molecular formula is C11H22N2. The molecule has 2 N–H and O–H groups in total. The molecule has 3 atom stereocenters. The van der Waals surface area contributed by atoms with Gasteiger partial charge in [-0.05, 0) is 50.6 Å². The smallest absolute Gasteiger partial charge is 0.00980 e. The Morgan fingerprint density at radius 2 is 2.15 bits per heavy atom. The Labute approximate surface area is 81.5 Å². The molecule has 1 saturated carbocycles. The molecule has 0 aromatic carbocycles. The summed E-state index contributed by atoms with van der Waals surface area (Å²) in [5.74, 6) is 1.75. The zero-order chi connectivity index (χ0) is 9.26. The van der Waals surface area contributed by atoms with E-state index in [0.717, 1.165) is 24.4 Å². The number of hydrogen-bond acceptors (Lipinski definition) is 2. The van der Waals surface area contributed by atoms with Gasteiger partial charge in [-0.3, -0.25) is 0 Å². The van der Waals surface area contributed by atoms with Gasteiger partial charge >= 0.3 is 0 Å². The normalized spacial score (nSPS) is 41.5. The zero-order valence-electron chi connectivity index (χ0n) is 8.71. The van der Waals surface area contributed by atoms with Crippen LogP contribution < -0.4 is 5.73 Å². The molecule has 0 aromatic rings. The van der Waals surface area contributed by atoms with Crippen LogP contribution >= 0.6 is 0 Å². The third kappa shape index (κ3) is 2.05. The summed E-state index contributed by atoms with van der Waals surface area (Å²) in [4.78, 5) is 2.68. The Morgan fingerprint density at radius 3 is 2.69 bits per heavy atom. The SMILES string of the molecule is CC1CCC(N2CCC(CN)C2)C1. The van der Waals surface area contributed by atoms with E-state index in [0.29, 0.717) is 0 Å². The summed E-state index contributed by atoms with van der Waals surface area (Å²) in [6.45, 7) is 5.85. The van der Waals surface area contributed by atoms with Crippen molar-refractivity contribution >= 4 is 0 Å². The molecular weight excluding hydrogens is 160 g/mol. The first kappa shape index (κ1) is 9.47. The predicted octanol–water partition coefficient (Wildman–Crippen LogP) is 1.46. The van der Waals surface area contributed by atoms with Gasteiger partial charge in [0.25, 0.3) is 0 Å². The van der Waals surface area contributed by atoms with Gasteiger partial charge in [-0.15, -0.1) is 0 Å². The van der Waals surface area contributed by atoms with Crippen molar-refractivity contribution in [2.45, 2.75) is 38.6 Å². The standard InChI is InChI=1S/C11H22N2/c1-9-2-3-11(6-9)13-5-4-10(7-12)8-13/h9-11H,2-8,12H2,1H3. The van der Waals surface area contributed by atoms with Crippen molar-refractivity contribution in [3.63, 3.8) is 0 Å². The lowest BCUT2D eigenvalue weighted by Crippen LogP contribution is -2.32. The lowest BCUT2D eigenvalue weighted by molar-refractivity contribution is 0.234. The Morgan fingerprint density at radius 1 is 1.31 bits per heavy atom. The topological polar surface area (TPSA) is 29.3 Å². The highest BCUT2D eigenvalue weighted by Crippen LogP contribution is 2.31. The Hall–Kier alpha value is -0.0800. The number of hydrogen-bond donors (Lipinski definition) is 1. The maximum atomic E-state index is 5.70. The van der Waals surface area contributed by atoms with Gasteiger partial charge in [-0.1, -0.05) is 6.92 Å². The number of likely N-dealkylation sites (tertiary alicyclic amines) is 1. The Kier molecular flexibility index (Phi) is 2.89. The van der Waals surface area contributed by atoms with Gasteiger partial charge in [0.05, 0.1) is 0 Å². The van der Waals surface area contributed by atoms with E-state index in [1.165, 1.54) is 38.8 Å². The maximum Gasteiger partial charge on any atom is 0.00980 e. The zero-order valence-corrected chi connectivity index (χ0v) is 8.71. The highest BCUT2D eigenvalue weighted by Gasteiger charge is 2.31. The molecule has 3 unspecified atom stereocenters. The van der Waals surface area contributed by atoms with E-state index in [2.05, 4.69) is 11.8 Å². The average Bonchev–Trinajstić information content (AvgIpc) is 2.71. The van der Waals surface area contributed by atoms with Crippen molar-refractivity contribution in [2.75, 3.05) is 19.6 Å². The molecule has 13 heavy (non-hydrogen) atoms. The van der Waals surface area contributed by atoms with Crippen molar-refractivity contribution in [1.29, 1.82) is 0 Å². The van der Waals surface area contributed by atoms with Gasteiger partial charge in [0.1, 0.15) is 0 Å². The summed E-state index contributed by atoms with van der Waals surface area (Å²) in [6, 6.07) is 0.895. The highest BCUT2D eigenvalue weighted by atomic mass is 15.2. The molecule has 1 heterocycles. The molecule has 1 aliphatic carbocycles. The summed E-state index contributed by atoms with van der Waals surface area (Å²) in [6.07, 6.45) is 5.63. The predicted molar refractivity (Wildman–Crippen MR) is 55.5 cm³/mol. The second-order valence-corrected chi connectivity index (χ2v) is 4.96.